The third-order valence-electron chi connectivity index (χ3n) is 5.65. The Morgan fingerprint density at radius 3 is 0.552 bits per heavy atom. The summed E-state index contributed by atoms with van der Waals surface area (Å²) in [6, 6.07) is 0. The second-order valence-corrected chi connectivity index (χ2v) is 14.4. The van der Waals surface area contributed by atoms with Crippen molar-refractivity contribution in [1.29, 1.82) is 0 Å². The first-order valence-electron chi connectivity index (χ1n) is 13.1. The van der Waals surface area contributed by atoms with Crippen LogP contribution in [0.3, 0.4) is 0 Å². The first-order valence-corrected chi connectivity index (χ1v) is 15.9. The Morgan fingerprint density at radius 1 is 0.310 bits per heavy atom. The molecule has 0 unspecified atom stereocenters. The van der Waals surface area contributed by atoms with Gasteiger partial charge in [-0.2, -0.15) is 0 Å². The van der Waals surface area contributed by atoms with Gasteiger partial charge in [-0.3, -0.25) is 0 Å². The van der Waals surface area contributed by atoms with E-state index in [1.165, 1.54) is 104 Å². The van der Waals surface area contributed by atoms with Crippen molar-refractivity contribution in [3.05, 3.63) is 0 Å². The van der Waals surface area contributed by atoms with Crippen molar-refractivity contribution in [2.45, 2.75) is 107 Å². The van der Waals surface area contributed by atoms with Crippen molar-refractivity contribution in [3.63, 3.8) is 0 Å². The molecule has 0 aliphatic carbocycles. The molecule has 0 aromatic heterocycles. The summed E-state index contributed by atoms with van der Waals surface area (Å²) in [5.41, 5.74) is 0. The molecule has 0 amide bonds. The van der Waals surface area contributed by atoms with Gasteiger partial charge in [-0.15, -0.1) is 0 Å². The Morgan fingerprint density at radius 2 is 0.448 bits per heavy atom. The maximum atomic E-state index is 3.04. The second kappa shape index (κ2) is 18.2. The van der Waals surface area contributed by atoms with Gasteiger partial charge >= 0.3 is 190 Å². The van der Waals surface area contributed by atoms with Crippen LogP contribution < -0.4 is 0 Å². The van der Waals surface area contributed by atoms with Gasteiger partial charge < -0.3 is 0 Å². The summed E-state index contributed by atoms with van der Waals surface area (Å²) in [6.45, 7) is 29.1. The normalized spacial score (nSPS) is 12.8. The zero-order chi connectivity index (χ0) is 22.1. The van der Waals surface area contributed by atoms with Gasteiger partial charge in [0.05, 0.1) is 0 Å². The van der Waals surface area contributed by atoms with Crippen LogP contribution >= 0.6 is 0 Å². The van der Waals surface area contributed by atoms with Crippen molar-refractivity contribution in [1.82, 2.24) is 13.5 Å². The Kier molecular flexibility index (Phi) is 18.5. The van der Waals surface area contributed by atoms with Gasteiger partial charge in [-0.1, -0.05) is 0 Å². The fraction of sp³-hybridized carbons (Fsp3) is 1.00. The summed E-state index contributed by atoms with van der Waals surface area (Å²) >= 11 is -2.87. The van der Waals surface area contributed by atoms with Gasteiger partial charge in [-0.05, 0) is 0 Å². The van der Waals surface area contributed by atoms with Gasteiger partial charge in [0.15, 0.2) is 0 Å². The molecule has 29 heavy (non-hydrogen) atoms. The van der Waals surface area contributed by atoms with Gasteiger partial charge in [0, 0.05) is 0 Å². The van der Waals surface area contributed by atoms with Crippen LogP contribution in [-0.2, 0) is 17.6 Å². The molecule has 0 N–H and O–H groups in total. The quantitative estimate of drug-likeness (QED) is 0.203. The van der Waals surface area contributed by atoms with Crippen LogP contribution in [0.15, 0.2) is 0 Å². The summed E-state index contributed by atoms with van der Waals surface area (Å²) in [4.78, 5) is 0. The molecule has 0 atom stereocenters. The van der Waals surface area contributed by atoms with E-state index < -0.39 is 17.6 Å². The minimum atomic E-state index is -2.87. The van der Waals surface area contributed by atoms with Crippen LogP contribution in [0.25, 0.3) is 0 Å². The average Bonchev–Trinajstić information content (AvgIpc) is 2.70. The number of hydrogen-bond donors (Lipinski definition) is 0. The van der Waals surface area contributed by atoms with Crippen LogP contribution in [0.1, 0.15) is 107 Å². The van der Waals surface area contributed by atoms with E-state index in [-0.39, 0.29) is 0 Å². The molecule has 0 spiro atoms. The standard InChI is InChI=1S/4C6H14N.Ti/c4*1-3-5-7-6-4-2;/h4*3-6H2,1-2H3;/q4*-1;+4. The summed E-state index contributed by atoms with van der Waals surface area (Å²) in [6.07, 6.45) is 10.1. The van der Waals surface area contributed by atoms with E-state index in [1.54, 1.807) is 0 Å². The molecule has 5 heteroatoms. The van der Waals surface area contributed by atoms with E-state index in [4.69, 9.17) is 0 Å². The number of nitrogens with zero attached hydrogens (tertiary/aromatic N) is 4. The SMILES string of the molecule is CCC[N](CCC)[Ti]([N](CCC)CCC)([N](CCC)CCC)[N](CCC)CCC. The van der Waals surface area contributed by atoms with Crippen LogP contribution in [-0.4, -0.2) is 65.9 Å². The summed E-state index contributed by atoms with van der Waals surface area (Å²) in [5.74, 6) is 0. The van der Waals surface area contributed by atoms with E-state index in [0.717, 1.165) is 0 Å². The second-order valence-electron chi connectivity index (χ2n) is 8.55. The predicted molar refractivity (Wildman–Crippen MR) is 129 cm³/mol. The predicted octanol–water partition coefficient (Wildman–Crippen LogP) is 6.29. The van der Waals surface area contributed by atoms with Crippen LogP contribution in [0.5, 0.6) is 0 Å². The molecule has 176 valence electrons. The number of hydrogen-bond acceptors (Lipinski definition) is 4. The van der Waals surface area contributed by atoms with Gasteiger partial charge in [0.2, 0.25) is 0 Å². The minimum absolute atomic E-state index is 1.26. The molecule has 0 saturated heterocycles. The molecule has 0 bridgehead atoms. The Bertz CT molecular complexity index is 273. The van der Waals surface area contributed by atoms with Crippen LogP contribution in [0.2, 0.25) is 0 Å². The zero-order valence-electron chi connectivity index (χ0n) is 21.6. The molecule has 0 saturated carbocycles. The Labute approximate surface area is 190 Å². The van der Waals surface area contributed by atoms with Gasteiger partial charge in [0.25, 0.3) is 0 Å². The van der Waals surface area contributed by atoms with Crippen molar-refractivity contribution < 1.29 is 17.6 Å². The van der Waals surface area contributed by atoms with Gasteiger partial charge in [0.1, 0.15) is 0 Å². The molecule has 0 aromatic carbocycles. The molecule has 0 fully saturated rings. The molecule has 0 rings (SSSR count). The average molecular weight is 449 g/mol. The van der Waals surface area contributed by atoms with Crippen molar-refractivity contribution in [3.8, 4) is 0 Å². The van der Waals surface area contributed by atoms with E-state index in [2.05, 4.69) is 68.9 Å². The first kappa shape index (κ1) is 29.6. The van der Waals surface area contributed by atoms with Crippen LogP contribution in [0.4, 0.5) is 0 Å². The third kappa shape index (κ3) is 8.54. The fourth-order valence-electron chi connectivity index (χ4n) is 5.01. The topological polar surface area (TPSA) is 13.0 Å². The van der Waals surface area contributed by atoms with E-state index in [0.29, 0.717) is 0 Å². The van der Waals surface area contributed by atoms with E-state index in [1.807, 2.05) is 0 Å². The maximum absolute atomic E-state index is 3.04. The van der Waals surface area contributed by atoms with Crippen molar-refractivity contribution >= 4 is 0 Å². The van der Waals surface area contributed by atoms with Crippen molar-refractivity contribution in [2.24, 2.45) is 0 Å². The summed E-state index contributed by atoms with van der Waals surface area (Å²) < 4.78 is 12.2. The fourth-order valence-corrected chi connectivity index (χ4v) is 15.3. The van der Waals surface area contributed by atoms with Gasteiger partial charge in [-0.25, -0.2) is 0 Å². The van der Waals surface area contributed by atoms with Crippen molar-refractivity contribution in [2.75, 3.05) is 52.4 Å². The Balaban J connectivity index is 6.80. The first-order chi connectivity index (χ1) is 14.1. The molecular weight excluding hydrogens is 392 g/mol. The molecule has 0 aliphatic rings. The van der Waals surface area contributed by atoms with Crippen LogP contribution in [0, 0.1) is 0 Å². The monoisotopic (exact) mass is 448 g/mol. The molecule has 0 aliphatic heterocycles. The van der Waals surface area contributed by atoms with E-state index >= 15 is 0 Å². The zero-order valence-corrected chi connectivity index (χ0v) is 23.2. The molecule has 0 heterocycles. The molecule has 0 aromatic rings. The molecular formula is C24H56N4Ti. The number of rotatable bonds is 20. The van der Waals surface area contributed by atoms with E-state index in [9.17, 15) is 0 Å². The molecule has 0 radical (unpaired) electrons. The molecule has 4 nitrogen and oxygen atoms in total. The summed E-state index contributed by atoms with van der Waals surface area (Å²) in [7, 11) is 0. The third-order valence-corrected chi connectivity index (χ3v) is 13.7. The Hall–Kier alpha value is 0.554. The summed E-state index contributed by atoms with van der Waals surface area (Å²) in [5, 5.41) is 0.